The predicted molar refractivity (Wildman–Crippen MR) is 68.0 cm³/mol. The molecule has 0 saturated heterocycles. The molecule has 0 radical (unpaired) electrons. The predicted octanol–water partition coefficient (Wildman–Crippen LogP) is 1.97. The molecule has 0 unspecified atom stereocenters. The Morgan fingerprint density at radius 3 is 2.81 bits per heavy atom. The van der Waals surface area contributed by atoms with Gasteiger partial charge in [0.05, 0.1) is 0 Å². The van der Waals surface area contributed by atoms with E-state index in [2.05, 4.69) is 26.1 Å². The molecule has 0 bridgehead atoms. The van der Waals surface area contributed by atoms with E-state index in [1.165, 1.54) is 0 Å². The van der Waals surface area contributed by atoms with Gasteiger partial charge in [-0.15, -0.1) is 0 Å². The van der Waals surface area contributed by atoms with Crippen LogP contribution in [0.2, 0.25) is 0 Å². The van der Waals surface area contributed by atoms with Crippen molar-refractivity contribution >= 4 is 0 Å². The molecule has 1 rings (SSSR count). The fourth-order valence-corrected chi connectivity index (χ4v) is 1.72. The van der Waals surface area contributed by atoms with E-state index >= 15 is 0 Å². The molecule has 3 nitrogen and oxygen atoms in total. The summed E-state index contributed by atoms with van der Waals surface area (Å²) >= 11 is 0. The lowest BCUT2D eigenvalue weighted by molar-refractivity contribution is 0.575. The molecule has 3 heteroatoms. The minimum absolute atomic E-state index is 0.161. The van der Waals surface area contributed by atoms with Gasteiger partial charge >= 0.3 is 0 Å². The van der Waals surface area contributed by atoms with Crippen LogP contribution >= 0.6 is 0 Å². The van der Waals surface area contributed by atoms with Crippen LogP contribution in [0.3, 0.4) is 0 Å². The molecule has 0 aliphatic rings. The average molecular weight is 222 g/mol. The van der Waals surface area contributed by atoms with Gasteiger partial charge < -0.3 is 9.88 Å². The van der Waals surface area contributed by atoms with Crippen LogP contribution in [0.25, 0.3) is 0 Å². The average Bonchev–Trinajstić information content (AvgIpc) is 2.26. The summed E-state index contributed by atoms with van der Waals surface area (Å²) in [5, 5.41) is 3.26. The molecule has 0 saturated carbocycles. The van der Waals surface area contributed by atoms with E-state index in [1.807, 2.05) is 22.9 Å². The van der Waals surface area contributed by atoms with Crippen molar-refractivity contribution in [2.45, 2.75) is 39.7 Å². The summed E-state index contributed by atoms with van der Waals surface area (Å²) in [7, 11) is 0. The SMILES string of the molecule is CCNCCCn1cccc(C(C)C)c1=O. The summed E-state index contributed by atoms with van der Waals surface area (Å²) in [5.41, 5.74) is 1.07. The number of hydrogen-bond acceptors (Lipinski definition) is 2. The Morgan fingerprint density at radius 2 is 2.19 bits per heavy atom. The smallest absolute Gasteiger partial charge is 0.253 e. The van der Waals surface area contributed by atoms with Gasteiger partial charge in [-0.1, -0.05) is 26.8 Å². The Morgan fingerprint density at radius 1 is 1.44 bits per heavy atom. The Balaban J connectivity index is 2.66. The first kappa shape index (κ1) is 13.0. The Bertz CT molecular complexity index is 368. The summed E-state index contributed by atoms with van der Waals surface area (Å²) in [6.45, 7) is 8.95. The lowest BCUT2D eigenvalue weighted by Gasteiger charge is -2.10. The first-order chi connectivity index (χ1) is 7.66. The maximum absolute atomic E-state index is 12.0. The van der Waals surface area contributed by atoms with Crippen LogP contribution in [0.15, 0.2) is 23.1 Å². The molecule has 0 aliphatic heterocycles. The fraction of sp³-hybridized carbons (Fsp3) is 0.615. The molecule has 1 aromatic rings. The standard InChI is InChI=1S/C13H22N2O/c1-4-14-8-6-10-15-9-5-7-12(11(2)3)13(15)16/h5,7,9,11,14H,4,6,8,10H2,1-3H3. The highest BCUT2D eigenvalue weighted by Gasteiger charge is 2.06. The highest BCUT2D eigenvalue weighted by molar-refractivity contribution is 5.14. The van der Waals surface area contributed by atoms with Crippen LogP contribution < -0.4 is 10.9 Å². The first-order valence-electron chi connectivity index (χ1n) is 6.07. The van der Waals surface area contributed by atoms with E-state index < -0.39 is 0 Å². The second kappa shape index (κ2) is 6.48. The minimum atomic E-state index is 0.161. The lowest BCUT2D eigenvalue weighted by Crippen LogP contribution is -2.25. The van der Waals surface area contributed by atoms with E-state index in [1.54, 1.807) is 0 Å². The van der Waals surface area contributed by atoms with Crippen molar-refractivity contribution in [1.29, 1.82) is 0 Å². The molecule has 0 amide bonds. The molecule has 1 N–H and O–H groups in total. The van der Waals surface area contributed by atoms with Gasteiger partial charge in [-0.3, -0.25) is 4.79 Å². The van der Waals surface area contributed by atoms with Crippen molar-refractivity contribution < 1.29 is 0 Å². The third-order valence-electron chi connectivity index (χ3n) is 2.67. The molecular formula is C13H22N2O. The maximum atomic E-state index is 12.0. The van der Waals surface area contributed by atoms with Gasteiger partial charge in [0.2, 0.25) is 0 Å². The highest BCUT2D eigenvalue weighted by Crippen LogP contribution is 2.08. The van der Waals surface area contributed by atoms with Gasteiger partial charge in [-0.05, 0) is 31.5 Å². The Hall–Kier alpha value is -1.09. The van der Waals surface area contributed by atoms with Crippen LogP contribution in [0.5, 0.6) is 0 Å². The van der Waals surface area contributed by atoms with Gasteiger partial charge in [-0.2, -0.15) is 0 Å². The van der Waals surface area contributed by atoms with E-state index in [0.29, 0.717) is 5.92 Å². The maximum Gasteiger partial charge on any atom is 0.253 e. The van der Waals surface area contributed by atoms with Crippen molar-refractivity contribution in [3.8, 4) is 0 Å². The van der Waals surface area contributed by atoms with Crippen LogP contribution in [0.4, 0.5) is 0 Å². The zero-order valence-electron chi connectivity index (χ0n) is 10.5. The molecule has 0 spiro atoms. The molecule has 1 aromatic heterocycles. The van der Waals surface area contributed by atoms with Crippen molar-refractivity contribution in [3.05, 3.63) is 34.2 Å². The van der Waals surface area contributed by atoms with E-state index in [9.17, 15) is 4.79 Å². The molecule has 0 aromatic carbocycles. The van der Waals surface area contributed by atoms with Gasteiger partial charge in [-0.25, -0.2) is 0 Å². The summed E-state index contributed by atoms with van der Waals surface area (Å²) in [5.74, 6) is 0.300. The summed E-state index contributed by atoms with van der Waals surface area (Å²) < 4.78 is 1.81. The number of aryl methyl sites for hydroxylation is 1. The van der Waals surface area contributed by atoms with E-state index in [-0.39, 0.29) is 5.56 Å². The third-order valence-corrected chi connectivity index (χ3v) is 2.67. The number of rotatable bonds is 6. The molecule has 16 heavy (non-hydrogen) atoms. The van der Waals surface area contributed by atoms with Crippen molar-refractivity contribution in [3.63, 3.8) is 0 Å². The minimum Gasteiger partial charge on any atom is -0.317 e. The van der Waals surface area contributed by atoms with Crippen LogP contribution in [-0.2, 0) is 6.54 Å². The van der Waals surface area contributed by atoms with Gasteiger partial charge in [0.1, 0.15) is 0 Å². The van der Waals surface area contributed by atoms with Crippen LogP contribution in [0, 0.1) is 0 Å². The molecule has 0 fully saturated rings. The van der Waals surface area contributed by atoms with Gasteiger partial charge in [0.25, 0.3) is 5.56 Å². The fourth-order valence-electron chi connectivity index (χ4n) is 1.72. The number of aromatic nitrogens is 1. The second-order valence-electron chi connectivity index (χ2n) is 4.32. The molecular weight excluding hydrogens is 200 g/mol. The first-order valence-corrected chi connectivity index (χ1v) is 6.07. The topological polar surface area (TPSA) is 34.0 Å². The van der Waals surface area contributed by atoms with Crippen LogP contribution in [-0.4, -0.2) is 17.7 Å². The van der Waals surface area contributed by atoms with Crippen molar-refractivity contribution in [2.75, 3.05) is 13.1 Å². The van der Waals surface area contributed by atoms with Gasteiger partial charge in [0.15, 0.2) is 0 Å². The molecule has 90 valence electrons. The number of hydrogen-bond donors (Lipinski definition) is 1. The number of nitrogens with zero attached hydrogens (tertiary/aromatic N) is 1. The molecule has 1 heterocycles. The van der Waals surface area contributed by atoms with Gasteiger partial charge in [0, 0.05) is 18.3 Å². The highest BCUT2D eigenvalue weighted by atomic mass is 16.1. The summed E-state index contributed by atoms with van der Waals surface area (Å²) in [6.07, 6.45) is 2.87. The van der Waals surface area contributed by atoms with E-state index in [0.717, 1.165) is 31.6 Å². The molecule has 0 atom stereocenters. The van der Waals surface area contributed by atoms with E-state index in [4.69, 9.17) is 0 Å². The largest absolute Gasteiger partial charge is 0.317 e. The van der Waals surface area contributed by atoms with Crippen molar-refractivity contribution in [1.82, 2.24) is 9.88 Å². The van der Waals surface area contributed by atoms with Crippen LogP contribution in [0.1, 0.15) is 38.7 Å². The number of nitrogens with one attached hydrogen (secondary N) is 1. The summed E-state index contributed by atoms with van der Waals surface area (Å²) in [6, 6.07) is 3.89. The third kappa shape index (κ3) is 3.49. The zero-order valence-corrected chi connectivity index (χ0v) is 10.5. The number of pyridine rings is 1. The normalized spacial score (nSPS) is 11.0. The monoisotopic (exact) mass is 222 g/mol. The lowest BCUT2D eigenvalue weighted by atomic mass is 10.1. The quantitative estimate of drug-likeness (QED) is 0.747. The summed E-state index contributed by atoms with van der Waals surface area (Å²) in [4.78, 5) is 12.0. The molecule has 0 aliphatic carbocycles. The Kier molecular flexibility index (Phi) is 5.26. The van der Waals surface area contributed by atoms with Crippen molar-refractivity contribution in [2.24, 2.45) is 0 Å². The second-order valence-corrected chi connectivity index (χ2v) is 4.32. The Labute approximate surface area is 97.5 Å². The zero-order chi connectivity index (χ0) is 12.0.